The summed E-state index contributed by atoms with van der Waals surface area (Å²) in [5.74, 6) is 6.09. The van der Waals surface area contributed by atoms with Crippen LogP contribution in [0.25, 0.3) is 0 Å². The lowest BCUT2D eigenvalue weighted by Crippen LogP contribution is -2.38. The van der Waals surface area contributed by atoms with Crippen molar-refractivity contribution < 1.29 is 13.2 Å². The van der Waals surface area contributed by atoms with Gasteiger partial charge in [-0.2, -0.15) is 13.2 Å². The maximum Gasteiger partial charge on any atom is 0.416 e. The van der Waals surface area contributed by atoms with Crippen molar-refractivity contribution in [2.75, 3.05) is 20.1 Å². The number of alkyl halides is 3. The number of guanidine groups is 1. The molecule has 1 aromatic carbocycles. The lowest BCUT2D eigenvalue weighted by Gasteiger charge is -2.08. The molecule has 0 atom stereocenters. The predicted octanol–water partition coefficient (Wildman–Crippen LogP) is 3.85. The first-order chi connectivity index (χ1) is 12.4. The Hall–Kier alpha value is -1.80. The molecule has 1 aromatic heterocycles. The molecule has 0 saturated carbocycles. The molecule has 2 aromatic rings. The molecule has 0 unspecified atom stereocenters. The first-order valence-corrected chi connectivity index (χ1v) is 8.72. The lowest BCUT2D eigenvalue weighted by molar-refractivity contribution is -0.137. The van der Waals surface area contributed by atoms with E-state index in [1.165, 1.54) is 10.9 Å². The van der Waals surface area contributed by atoms with E-state index in [1.807, 2.05) is 13.1 Å². The van der Waals surface area contributed by atoms with Crippen molar-refractivity contribution in [3.8, 4) is 11.8 Å². The zero-order chi connectivity index (χ0) is 19.0. The summed E-state index contributed by atoms with van der Waals surface area (Å²) in [6, 6.07) is 4.96. The molecule has 0 saturated heterocycles. The highest BCUT2D eigenvalue weighted by atomic mass is 127. The van der Waals surface area contributed by atoms with Crippen LogP contribution < -0.4 is 10.6 Å². The van der Waals surface area contributed by atoms with Crippen LogP contribution >= 0.6 is 35.3 Å². The number of hydrogen-bond acceptors (Lipinski definition) is 3. The van der Waals surface area contributed by atoms with Crippen LogP contribution in [-0.2, 0) is 12.6 Å². The molecule has 1 heterocycles. The van der Waals surface area contributed by atoms with E-state index in [9.17, 15) is 13.2 Å². The fourth-order valence-corrected chi connectivity index (χ4v) is 2.86. The molecule has 0 amide bonds. The van der Waals surface area contributed by atoms with Crippen molar-refractivity contribution in [3.05, 3.63) is 51.5 Å². The number of nitrogens with one attached hydrogen (secondary N) is 2. The second-order valence-corrected chi connectivity index (χ2v) is 6.67. The van der Waals surface area contributed by atoms with E-state index < -0.39 is 11.7 Å². The van der Waals surface area contributed by atoms with Gasteiger partial charge in [-0.25, -0.2) is 4.98 Å². The summed E-state index contributed by atoms with van der Waals surface area (Å²) < 4.78 is 38.0. The third-order valence-electron chi connectivity index (χ3n) is 3.29. The minimum atomic E-state index is -4.36. The summed E-state index contributed by atoms with van der Waals surface area (Å²) in [6.45, 7) is 2.96. The van der Waals surface area contributed by atoms with E-state index in [-0.39, 0.29) is 30.5 Å². The maximum absolute atomic E-state index is 12.7. The second-order valence-electron chi connectivity index (χ2n) is 5.35. The number of thiazole rings is 1. The molecule has 146 valence electrons. The van der Waals surface area contributed by atoms with Crippen molar-refractivity contribution in [1.29, 1.82) is 0 Å². The largest absolute Gasteiger partial charge is 0.416 e. The summed E-state index contributed by atoms with van der Waals surface area (Å²) in [5, 5.41) is 7.20. The van der Waals surface area contributed by atoms with Gasteiger partial charge < -0.3 is 10.6 Å². The van der Waals surface area contributed by atoms with Gasteiger partial charge in [-0.1, -0.05) is 17.9 Å². The average Bonchev–Trinajstić information content (AvgIpc) is 3.02. The Labute approximate surface area is 177 Å². The third kappa shape index (κ3) is 8.17. The third-order valence-corrected chi connectivity index (χ3v) is 4.26. The highest BCUT2D eigenvalue weighted by Crippen LogP contribution is 2.29. The molecule has 0 bridgehead atoms. The van der Waals surface area contributed by atoms with Crippen molar-refractivity contribution >= 4 is 41.3 Å². The van der Waals surface area contributed by atoms with E-state index in [0.29, 0.717) is 18.1 Å². The van der Waals surface area contributed by atoms with E-state index in [1.54, 1.807) is 24.5 Å². The topological polar surface area (TPSA) is 49.3 Å². The quantitative estimate of drug-likeness (QED) is 0.286. The molecule has 2 rings (SSSR count). The first kappa shape index (κ1) is 23.2. The Morgan fingerprint density at radius 1 is 1.30 bits per heavy atom. The highest BCUT2D eigenvalue weighted by molar-refractivity contribution is 14.0. The van der Waals surface area contributed by atoms with Gasteiger partial charge in [0.15, 0.2) is 5.96 Å². The summed E-state index contributed by atoms with van der Waals surface area (Å²) in [6.07, 6.45) is -1.73. The monoisotopic (exact) mass is 508 g/mol. The molecule has 27 heavy (non-hydrogen) atoms. The van der Waals surface area contributed by atoms with Crippen LogP contribution in [0.4, 0.5) is 13.2 Å². The number of benzene rings is 1. The molecule has 0 radical (unpaired) electrons. The summed E-state index contributed by atoms with van der Waals surface area (Å²) in [4.78, 5) is 9.54. The zero-order valence-corrected chi connectivity index (χ0v) is 18.0. The van der Waals surface area contributed by atoms with E-state index in [4.69, 9.17) is 0 Å². The molecule has 2 N–H and O–H groups in total. The van der Waals surface area contributed by atoms with Crippen molar-refractivity contribution in [3.63, 3.8) is 0 Å². The normalized spacial score (nSPS) is 11.2. The minimum Gasteiger partial charge on any atom is -0.356 e. The second kappa shape index (κ2) is 11.1. The van der Waals surface area contributed by atoms with Crippen LogP contribution in [0, 0.1) is 18.8 Å². The SMILES string of the molecule is CN=C(NCC#Cc1cccc(C(F)(F)F)c1)NCCc1ncc(C)s1.I. The van der Waals surface area contributed by atoms with Crippen molar-refractivity contribution in [2.24, 2.45) is 4.99 Å². The van der Waals surface area contributed by atoms with Gasteiger partial charge in [0, 0.05) is 36.7 Å². The molecule has 0 aliphatic rings. The standard InChI is InChI=1S/C18H19F3N4S.HI/c1-13-12-25-16(26-13)8-10-24-17(22-2)23-9-4-6-14-5-3-7-15(11-14)18(19,20)21;/h3,5,7,11-12H,8-10H2,1-2H3,(H2,22,23,24);1H. The van der Waals surface area contributed by atoms with Crippen LogP contribution in [0.3, 0.4) is 0 Å². The van der Waals surface area contributed by atoms with Crippen LogP contribution in [0.5, 0.6) is 0 Å². The Balaban J connectivity index is 0.00000364. The smallest absolute Gasteiger partial charge is 0.356 e. The minimum absolute atomic E-state index is 0. The number of nitrogens with zero attached hydrogens (tertiary/aromatic N) is 2. The van der Waals surface area contributed by atoms with Gasteiger partial charge in [-0.15, -0.1) is 35.3 Å². The lowest BCUT2D eigenvalue weighted by atomic mass is 10.1. The maximum atomic E-state index is 12.7. The Morgan fingerprint density at radius 2 is 2.07 bits per heavy atom. The first-order valence-electron chi connectivity index (χ1n) is 7.90. The molecule has 0 spiro atoms. The van der Waals surface area contributed by atoms with Crippen molar-refractivity contribution in [1.82, 2.24) is 15.6 Å². The molecule has 4 nitrogen and oxygen atoms in total. The van der Waals surface area contributed by atoms with Gasteiger partial charge in [0.1, 0.15) is 0 Å². The summed E-state index contributed by atoms with van der Waals surface area (Å²) in [5.41, 5.74) is -0.379. The number of aryl methyl sites for hydroxylation is 1. The van der Waals surface area contributed by atoms with Gasteiger partial charge in [0.05, 0.1) is 17.1 Å². The van der Waals surface area contributed by atoms with E-state index in [2.05, 4.69) is 32.5 Å². The summed E-state index contributed by atoms with van der Waals surface area (Å²) >= 11 is 1.66. The highest BCUT2D eigenvalue weighted by Gasteiger charge is 2.30. The number of hydrogen-bond donors (Lipinski definition) is 2. The van der Waals surface area contributed by atoms with E-state index >= 15 is 0 Å². The van der Waals surface area contributed by atoms with Gasteiger partial charge in [-0.3, -0.25) is 4.99 Å². The fraction of sp³-hybridized carbons (Fsp3) is 0.333. The van der Waals surface area contributed by atoms with Gasteiger partial charge in [0.2, 0.25) is 0 Å². The number of rotatable bonds is 4. The van der Waals surface area contributed by atoms with Crippen LogP contribution in [0.1, 0.15) is 21.0 Å². The predicted molar refractivity (Wildman–Crippen MR) is 114 cm³/mol. The number of aliphatic imine (C=N–C) groups is 1. The molecule has 9 heteroatoms. The summed E-state index contributed by atoms with van der Waals surface area (Å²) in [7, 11) is 1.64. The fourth-order valence-electron chi connectivity index (χ4n) is 2.07. The Morgan fingerprint density at radius 3 is 2.70 bits per heavy atom. The zero-order valence-electron chi connectivity index (χ0n) is 14.9. The van der Waals surface area contributed by atoms with Crippen molar-refractivity contribution in [2.45, 2.75) is 19.5 Å². The number of halogens is 4. The van der Waals surface area contributed by atoms with Crippen LogP contribution in [-0.4, -0.2) is 31.1 Å². The molecule has 0 aliphatic carbocycles. The Bertz CT molecular complexity index is 822. The van der Waals surface area contributed by atoms with Gasteiger partial charge in [0.25, 0.3) is 0 Å². The van der Waals surface area contributed by atoms with E-state index in [0.717, 1.165) is 23.6 Å². The van der Waals surface area contributed by atoms with Gasteiger partial charge in [-0.05, 0) is 25.1 Å². The molecule has 0 aliphatic heterocycles. The van der Waals surface area contributed by atoms with Crippen LogP contribution in [0.2, 0.25) is 0 Å². The molecular weight excluding hydrogens is 488 g/mol. The molecular formula is C18H20F3IN4S. The average molecular weight is 508 g/mol. The molecule has 0 fully saturated rings. The van der Waals surface area contributed by atoms with Gasteiger partial charge >= 0.3 is 6.18 Å². The number of aromatic nitrogens is 1. The van der Waals surface area contributed by atoms with Crippen LogP contribution in [0.15, 0.2) is 35.5 Å². The Kier molecular flexibility index (Phi) is 9.59.